The van der Waals surface area contributed by atoms with Crippen molar-refractivity contribution in [2.75, 3.05) is 0 Å². The standard InChI is InChI=1S/C9H5F5INO3/c10-7(11)4-2-16-8(15)3(1-5(17)18)6(4)19-9(12,13)14/h2,7H,1H2,(H,17,18). The largest absolute Gasteiger partial charge is 0.573 e. The second kappa shape index (κ2) is 5.84. The summed E-state index contributed by atoms with van der Waals surface area (Å²) in [7, 11) is 0. The van der Waals surface area contributed by atoms with Crippen molar-refractivity contribution >= 4 is 28.6 Å². The minimum Gasteiger partial charge on any atom is -0.481 e. The van der Waals surface area contributed by atoms with Crippen LogP contribution in [-0.4, -0.2) is 22.4 Å². The molecule has 0 bridgehead atoms. The van der Waals surface area contributed by atoms with Crippen molar-refractivity contribution in [3.63, 3.8) is 0 Å². The van der Waals surface area contributed by atoms with Gasteiger partial charge in [-0.1, -0.05) is 0 Å². The lowest BCUT2D eigenvalue weighted by atomic mass is 10.1. The number of aromatic nitrogens is 1. The molecule has 106 valence electrons. The highest BCUT2D eigenvalue weighted by molar-refractivity contribution is 14.1. The first-order valence-corrected chi connectivity index (χ1v) is 5.62. The number of hydrogen-bond donors (Lipinski definition) is 1. The molecule has 0 unspecified atom stereocenters. The van der Waals surface area contributed by atoms with E-state index < -0.39 is 42.1 Å². The van der Waals surface area contributed by atoms with Crippen molar-refractivity contribution in [2.45, 2.75) is 19.2 Å². The van der Waals surface area contributed by atoms with Gasteiger partial charge in [0.1, 0.15) is 9.45 Å². The molecular formula is C9H5F5INO3. The summed E-state index contributed by atoms with van der Waals surface area (Å²) in [5, 5.41) is 8.59. The molecule has 0 aliphatic carbocycles. The van der Waals surface area contributed by atoms with Crippen molar-refractivity contribution in [1.82, 2.24) is 4.98 Å². The van der Waals surface area contributed by atoms with Gasteiger partial charge >= 0.3 is 12.3 Å². The van der Waals surface area contributed by atoms with Gasteiger partial charge in [-0.25, -0.2) is 13.8 Å². The van der Waals surface area contributed by atoms with E-state index in [0.29, 0.717) is 6.20 Å². The molecule has 0 aromatic carbocycles. The lowest BCUT2D eigenvalue weighted by Gasteiger charge is -2.16. The minimum absolute atomic E-state index is 0.149. The third-order valence-corrected chi connectivity index (χ3v) is 2.81. The summed E-state index contributed by atoms with van der Waals surface area (Å²) in [5.74, 6) is -2.69. The van der Waals surface area contributed by atoms with Gasteiger partial charge in [-0.15, -0.1) is 13.2 Å². The Hall–Kier alpha value is -1.20. The van der Waals surface area contributed by atoms with E-state index in [1.54, 1.807) is 0 Å². The number of carboxylic acids is 1. The maximum atomic E-state index is 12.6. The Morgan fingerprint density at radius 2 is 2.05 bits per heavy atom. The normalized spacial score (nSPS) is 11.7. The van der Waals surface area contributed by atoms with Gasteiger partial charge in [0.05, 0.1) is 12.0 Å². The van der Waals surface area contributed by atoms with Gasteiger partial charge in [-0.3, -0.25) is 4.79 Å². The molecule has 0 atom stereocenters. The van der Waals surface area contributed by atoms with Crippen molar-refractivity contribution < 1.29 is 36.6 Å². The van der Waals surface area contributed by atoms with Gasteiger partial charge in [0.25, 0.3) is 6.43 Å². The molecule has 0 fully saturated rings. The van der Waals surface area contributed by atoms with E-state index in [4.69, 9.17) is 5.11 Å². The van der Waals surface area contributed by atoms with E-state index in [-0.39, 0.29) is 3.70 Å². The topological polar surface area (TPSA) is 59.4 Å². The van der Waals surface area contributed by atoms with Crippen molar-refractivity contribution in [3.05, 3.63) is 21.0 Å². The van der Waals surface area contributed by atoms with Gasteiger partial charge in [-0.2, -0.15) is 0 Å². The summed E-state index contributed by atoms with van der Waals surface area (Å²) in [6.45, 7) is 0. The fourth-order valence-electron chi connectivity index (χ4n) is 1.23. The number of hydrogen-bond acceptors (Lipinski definition) is 3. The van der Waals surface area contributed by atoms with Crippen LogP contribution >= 0.6 is 22.6 Å². The second-order valence-electron chi connectivity index (χ2n) is 3.23. The zero-order valence-corrected chi connectivity index (χ0v) is 11.0. The van der Waals surface area contributed by atoms with Crippen LogP contribution in [0.3, 0.4) is 0 Å². The van der Waals surface area contributed by atoms with Gasteiger partial charge in [0.2, 0.25) is 0 Å². The molecule has 1 aromatic heterocycles. The highest BCUT2D eigenvalue weighted by Crippen LogP contribution is 2.37. The summed E-state index contributed by atoms with van der Waals surface area (Å²) in [6, 6.07) is 0. The molecule has 0 saturated heterocycles. The zero-order valence-electron chi connectivity index (χ0n) is 8.84. The molecule has 1 heterocycles. The fraction of sp³-hybridized carbons (Fsp3) is 0.333. The van der Waals surface area contributed by atoms with Crippen LogP contribution in [0.4, 0.5) is 22.0 Å². The number of carbonyl (C=O) groups is 1. The Labute approximate surface area is 116 Å². The van der Waals surface area contributed by atoms with Gasteiger partial charge in [-0.05, 0) is 22.6 Å². The molecule has 4 nitrogen and oxygen atoms in total. The molecule has 0 radical (unpaired) electrons. The van der Waals surface area contributed by atoms with Crippen molar-refractivity contribution in [2.24, 2.45) is 0 Å². The monoisotopic (exact) mass is 397 g/mol. The van der Waals surface area contributed by atoms with Crippen LogP contribution in [-0.2, 0) is 11.2 Å². The van der Waals surface area contributed by atoms with E-state index in [1.165, 1.54) is 22.6 Å². The lowest BCUT2D eigenvalue weighted by molar-refractivity contribution is -0.275. The molecule has 19 heavy (non-hydrogen) atoms. The zero-order chi connectivity index (χ0) is 14.8. The highest BCUT2D eigenvalue weighted by atomic mass is 127. The Kier molecular flexibility index (Phi) is 4.87. The van der Waals surface area contributed by atoms with E-state index in [0.717, 1.165) is 0 Å². The summed E-state index contributed by atoms with van der Waals surface area (Å²) in [4.78, 5) is 14.0. The van der Waals surface area contributed by atoms with Crippen LogP contribution in [0.2, 0.25) is 0 Å². The first-order chi connectivity index (χ1) is 8.61. The number of nitrogens with zero attached hydrogens (tertiary/aromatic N) is 1. The third-order valence-electron chi connectivity index (χ3n) is 1.88. The number of pyridine rings is 1. The Balaban J connectivity index is 3.40. The molecule has 10 heteroatoms. The average Bonchev–Trinajstić information content (AvgIpc) is 2.20. The van der Waals surface area contributed by atoms with Crippen molar-refractivity contribution in [3.8, 4) is 5.75 Å². The van der Waals surface area contributed by atoms with Gasteiger partial charge in [0.15, 0.2) is 0 Å². The summed E-state index contributed by atoms with van der Waals surface area (Å²) < 4.78 is 65.2. The molecule has 1 rings (SSSR count). The number of alkyl halides is 5. The van der Waals surface area contributed by atoms with E-state index >= 15 is 0 Å². The first kappa shape index (κ1) is 15.9. The average molecular weight is 397 g/mol. The number of halogens is 6. The maximum Gasteiger partial charge on any atom is 0.573 e. The predicted molar refractivity (Wildman–Crippen MR) is 59.9 cm³/mol. The van der Waals surface area contributed by atoms with E-state index in [2.05, 4.69) is 9.72 Å². The van der Waals surface area contributed by atoms with Gasteiger partial charge < -0.3 is 9.84 Å². The van der Waals surface area contributed by atoms with Crippen LogP contribution in [0, 0.1) is 3.70 Å². The summed E-state index contributed by atoms with van der Waals surface area (Å²) in [5.41, 5.74) is -1.64. The molecule has 1 N–H and O–H groups in total. The van der Waals surface area contributed by atoms with Gasteiger partial charge in [0, 0.05) is 11.8 Å². The second-order valence-corrected chi connectivity index (χ2v) is 4.25. The number of ether oxygens (including phenoxy) is 1. The first-order valence-electron chi connectivity index (χ1n) is 4.54. The number of aliphatic carboxylic acids is 1. The lowest BCUT2D eigenvalue weighted by Crippen LogP contribution is -2.21. The molecule has 0 amide bonds. The molecule has 1 aromatic rings. The smallest absolute Gasteiger partial charge is 0.481 e. The Bertz CT molecular complexity index is 491. The molecule has 0 aliphatic heterocycles. The maximum absolute atomic E-state index is 12.6. The van der Waals surface area contributed by atoms with Crippen LogP contribution in [0.5, 0.6) is 5.75 Å². The number of carboxylic acid groups (broad SMARTS) is 1. The molecule has 0 spiro atoms. The van der Waals surface area contributed by atoms with E-state index in [9.17, 15) is 26.7 Å². The van der Waals surface area contributed by atoms with Crippen molar-refractivity contribution in [1.29, 1.82) is 0 Å². The third kappa shape index (κ3) is 4.44. The predicted octanol–water partition coefficient (Wildman–Crippen LogP) is 3.15. The Morgan fingerprint density at radius 1 is 1.47 bits per heavy atom. The number of rotatable bonds is 4. The quantitative estimate of drug-likeness (QED) is 0.482. The van der Waals surface area contributed by atoms with Crippen LogP contribution < -0.4 is 4.74 Å². The minimum atomic E-state index is -5.21. The SMILES string of the molecule is O=C(O)Cc1c(I)ncc(C(F)F)c1OC(F)(F)F. The fourth-order valence-corrected chi connectivity index (χ4v) is 1.80. The van der Waals surface area contributed by atoms with Crippen LogP contribution in [0.1, 0.15) is 17.6 Å². The highest BCUT2D eigenvalue weighted by Gasteiger charge is 2.35. The Morgan fingerprint density at radius 3 is 2.47 bits per heavy atom. The molecule has 0 aliphatic rings. The van der Waals surface area contributed by atoms with Crippen LogP contribution in [0.15, 0.2) is 6.20 Å². The van der Waals surface area contributed by atoms with E-state index in [1.807, 2.05) is 0 Å². The summed E-state index contributed by atoms with van der Waals surface area (Å²) in [6.07, 6.45) is -8.85. The molecule has 0 saturated carbocycles. The molecular weight excluding hydrogens is 392 g/mol. The van der Waals surface area contributed by atoms with Crippen LogP contribution in [0.25, 0.3) is 0 Å². The summed E-state index contributed by atoms with van der Waals surface area (Å²) >= 11 is 1.44.